The zero-order valence-corrected chi connectivity index (χ0v) is 9.72. The van der Waals surface area contributed by atoms with Gasteiger partial charge in [-0.3, -0.25) is 0 Å². The van der Waals surface area contributed by atoms with Crippen molar-refractivity contribution in [1.29, 1.82) is 5.26 Å². The van der Waals surface area contributed by atoms with E-state index in [1.165, 1.54) is 12.1 Å². The van der Waals surface area contributed by atoms with E-state index in [2.05, 4.69) is 5.32 Å². The Morgan fingerprint density at radius 1 is 1.35 bits per heavy atom. The van der Waals surface area contributed by atoms with Crippen molar-refractivity contribution in [1.82, 2.24) is 0 Å². The van der Waals surface area contributed by atoms with Gasteiger partial charge in [0, 0.05) is 12.1 Å². The van der Waals surface area contributed by atoms with E-state index in [0.29, 0.717) is 6.42 Å². The molecule has 0 fully saturated rings. The van der Waals surface area contributed by atoms with Crippen molar-refractivity contribution < 1.29 is 13.9 Å². The highest BCUT2D eigenvalue weighted by Crippen LogP contribution is 2.24. The van der Waals surface area contributed by atoms with Crippen LogP contribution in [0.3, 0.4) is 0 Å². The number of hydrogen-bond donors (Lipinski definition) is 2. The predicted octanol–water partition coefficient (Wildman–Crippen LogP) is 2.41. The normalized spacial score (nSPS) is 11.1. The van der Waals surface area contributed by atoms with Crippen molar-refractivity contribution in [3.8, 4) is 6.07 Å². The maximum absolute atomic E-state index is 13.6. The minimum atomic E-state index is -1.16. The standard InChI is InChI=1S/C12H14F2N2O/c1-12(2,5-6-17)16-9-4-3-8(7-15)10(13)11(9)14/h3-4,16-17H,5-6H2,1-2H3. The summed E-state index contributed by atoms with van der Waals surface area (Å²) in [6, 6.07) is 4.10. The number of aliphatic hydroxyl groups excluding tert-OH is 1. The maximum Gasteiger partial charge on any atom is 0.183 e. The van der Waals surface area contributed by atoms with E-state index in [0.717, 1.165) is 0 Å². The number of aliphatic hydroxyl groups is 1. The summed E-state index contributed by atoms with van der Waals surface area (Å²) in [6.45, 7) is 3.47. The van der Waals surface area contributed by atoms with Crippen molar-refractivity contribution in [2.75, 3.05) is 11.9 Å². The van der Waals surface area contributed by atoms with Gasteiger partial charge >= 0.3 is 0 Å². The highest BCUT2D eigenvalue weighted by Gasteiger charge is 2.20. The lowest BCUT2D eigenvalue weighted by Crippen LogP contribution is -2.32. The van der Waals surface area contributed by atoms with Crippen LogP contribution in [0.25, 0.3) is 0 Å². The lowest BCUT2D eigenvalue weighted by atomic mass is 10.0. The number of halogens is 2. The average molecular weight is 240 g/mol. The Balaban J connectivity index is 3.02. The molecule has 0 aliphatic rings. The van der Waals surface area contributed by atoms with Crippen molar-refractivity contribution >= 4 is 5.69 Å². The number of nitrogens with one attached hydrogen (secondary N) is 1. The van der Waals surface area contributed by atoms with Gasteiger partial charge in [0.2, 0.25) is 0 Å². The molecule has 0 amide bonds. The molecule has 0 saturated heterocycles. The Morgan fingerprint density at radius 3 is 2.53 bits per heavy atom. The molecule has 3 nitrogen and oxygen atoms in total. The fourth-order valence-electron chi connectivity index (χ4n) is 1.44. The zero-order valence-electron chi connectivity index (χ0n) is 9.72. The largest absolute Gasteiger partial charge is 0.396 e. The van der Waals surface area contributed by atoms with Crippen LogP contribution in [0.2, 0.25) is 0 Å². The van der Waals surface area contributed by atoms with Crippen LogP contribution in [-0.2, 0) is 0 Å². The first-order valence-corrected chi connectivity index (χ1v) is 5.18. The van der Waals surface area contributed by atoms with Crippen LogP contribution in [0.4, 0.5) is 14.5 Å². The monoisotopic (exact) mass is 240 g/mol. The van der Waals surface area contributed by atoms with E-state index in [-0.39, 0.29) is 17.9 Å². The smallest absolute Gasteiger partial charge is 0.183 e. The number of anilines is 1. The molecule has 0 aliphatic heterocycles. The number of rotatable bonds is 4. The van der Waals surface area contributed by atoms with Gasteiger partial charge in [0.15, 0.2) is 11.6 Å². The van der Waals surface area contributed by atoms with E-state index >= 15 is 0 Å². The quantitative estimate of drug-likeness (QED) is 0.849. The first-order chi connectivity index (χ1) is 7.91. The van der Waals surface area contributed by atoms with Gasteiger partial charge in [-0.25, -0.2) is 8.78 Å². The average Bonchev–Trinajstić information content (AvgIpc) is 2.25. The molecule has 0 atom stereocenters. The minimum absolute atomic E-state index is 0.0139. The van der Waals surface area contributed by atoms with Crippen molar-refractivity contribution in [3.05, 3.63) is 29.3 Å². The summed E-state index contributed by atoms with van der Waals surface area (Å²) in [5.74, 6) is -2.23. The minimum Gasteiger partial charge on any atom is -0.396 e. The molecule has 0 bridgehead atoms. The Labute approximate surface area is 98.7 Å². The predicted molar refractivity (Wildman–Crippen MR) is 60.5 cm³/mol. The Kier molecular flexibility index (Phi) is 4.02. The lowest BCUT2D eigenvalue weighted by molar-refractivity contribution is 0.260. The second kappa shape index (κ2) is 5.11. The number of hydrogen-bond acceptors (Lipinski definition) is 3. The summed E-state index contributed by atoms with van der Waals surface area (Å²) in [7, 11) is 0. The van der Waals surface area contributed by atoms with Crippen LogP contribution in [0, 0.1) is 23.0 Å². The van der Waals surface area contributed by atoms with Gasteiger partial charge in [-0.2, -0.15) is 5.26 Å². The van der Waals surface area contributed by atoms with Crippen molar-refractivity contribution in [3.63, 3.8) is 0 Å². The molecule has 0 spiro atoms. The molecule has 2 N–H and O–H groups in total. The van der Waals surface area contributed by atoms with Crippen LogP contribution in [0.15, 0.2) is 12.1 Å². The molecule has 0 aromatic heterocycles. The van der Waals surface area contributed by atoms with Crippen molar-refractivity contribution in [2.45, 2.75) is 25.8 Å². The van der Waals surface area contributed by atoms with Gasteiger partial charge in [0.1, 0.15) is 6.07 Å². The third-order valence-electron chi connectivity index (χ3n) is 2.41. The van der Waals surface area contributed by atoms with E-state index in [4.69, 9.17) is 10.4 Å². The summed E-state index contributed by atoms with van der Waals surface area (Å²) in [6.07, 6.45) is 0.397. The maximum atomic E-state index is 13.6. The summed E-state index contributed by atoms with van der Waals surface area (Å²) in [4.78, 5) is 0. The van der Waals surface area contributed by atoms with E-state index in [1.54, 1.807) is 19.9 Å². The SMILES string of the molecule is CC(C)(CCO)Nc1ccc(C#N)c(F)c1F. The van der Waals surface area contributed by atoms with E-state index in [9.17, 15) is 8.78 Å². The van der Waals surface area contributed by atoms with Crippen LogP contribution in [0.5, 0.6) is 0 Å². The van der Waals surface area contributed by atoms with Crippen LogP contribution in [-0.4, -0.2) is 17.3 Å². The topological polar surface area (TPSA) is 56.0 Å². The molecular weight excluding hydrogens is 226 g/mol. The van der Waals surface area contributed by atoms with Gasteiger partial charge < -0.3 is 10.4 Å². The van der Waals surface area contributed by atoms with Gasteiger partial charge in [-0.15, -0.1) is 0 Å². The molecule has 92 valence electrons. The van der Waals surface area contributed by atoms with Gasteiger partial charge in [-0.05, 0) is 32.4 Å². The summed E-state index contributed by atoms with van der Waals surface area (Å²) in [5.41, 5.74) is -0.899. The summed E-state index contributed by atoms with van der Waals surface area (Å²) < 4.78 is 26.9. The first-order valence-electron chi connectivity index (χ1n) is 5.18. The fraction of sp³-hybridized carbons (Fsp3) is 0.417. The number of nitriles is 1. The number of benzene rings is 1. The molecule has 0 radical (unpaired) electrons. The van der Waals surface area contributed by atoms with Gasteiger partial charge in [0.05, 0.1) is 11.3 Å². The molecular formula is C12H14F2N2O. The lowest BCUT2D eigenvalue weighted by Gasteiger charge is -2.27. The Bertz CT molecular complexity index is 453. The highest BCUT2D eigenvalue weighted by molar-refractivity contribution is 5.51. The zero-order chi connectivity index (χ0) is 13.1. The van der Waals surface area contributed by atoms with Crippen LogP contribution in [0.1, 0.15) is 25.8 Å². The molecule has 0 saturated carbocycles. The Morgan fingerprint density at radius 2 is 2.00 bits per heavy atom. The summed E-state index contributed by atoms with van der Waals surface area (Å²) >= 11 is 0. The molecule has 1 aromatic rings. The molecule has 1 aromatic carbocycles. The molecule has 0 aliphatic carbocycles. The summed E-state index contributed by atoms with van der Waals surface area (Å²) in [5, 5.41) is 20.2. The van der Waals surface area contributed by atoms with Crippen LogP contribution >= 0.6 is 0 Å². The molecule has 17 heavy (non-hydrogen) atoms. The number of nitrogens with zero attached hydrogens (tertiary/aromatic N) is 1. The second-order valence-electron chi connectivity index (χ2n) is 4.38. The van der Waals surface area contributed by atoms with Crippen LogP contribution < -0.4 is 5.32 Å². The molecule has 0 heterocycles. The van der Waals surface area contributed by atoms with Gasteiger partial charge in [-0.1, -0.05) is 0 Å². The van der Waals surface area contributed by atoms with E-state index < -0.39 is 17.2 Å². The van der Waals surface area contributed by atoms with Gasteiger partial charge in [0.25, 0.3) is 0 Å². The van der Waals surface area contributed by atoms with Crippen molar-refractivity contribution in [2.24, 2.45) is 0 Å². The molecule has 0 unspecified atom stereocenters. The Hall–Kier alpha value is -1.67. The van der Waals surface area contributed by atoms with E-state index in [1.807, 2.05) is 0 Å². The third-order valence-corrected chi connectivity index (χ3v) is 2.41. The molecule has 5 heteroatoms. The third kappa shape index (κ3) is 3.14. The second-order valence-corrected chi connectivity index (χ2v) is 4.38. The first kappa shape index (κ1) is 13.4. The fourth-order valence-corrected chi connectivity index (χ4v) is 1.44. The molecule has 1 rings (SSSR count). The highest BCUT2D eigenvalue weighted by atomic mass is 19.2.